The normalized spacial score (nSPS) is 22.4. The van der Waals surface area contributed by atoms with Crippen LogP contribution in [0.5, 0.6) is 0 Å². The van der Waals surface area contributed by atoms with Crippen LogP contribution in [0.3, 0.4) is 0 Å². The van der Waals surface area contributed by atoms with Crippen molar-refractivity contribution in [2.75, 3.05) is 11.1 Å². The highest BCUT2D eigenvalue weighted by Gasteiger charge is 2.34. The summed E-state index contributed by atoms with van der Waals surface area (Å²) in [5.41, 5.74) is 0.860. The second-order valence-electron chi connectivity index (χ2n) is 4.59. The molecular weight excluding hydrogens is 251 g/mol. The first-order valence-corrected chi connectivity index (χ1v) is 7.11. The Morgan fingerprint density at radius 3 is 2.82 bits per heavy atom. The molecular formula is C12H17N2OPS. The van der Waals surface area contributed by atoms with Gasteiger partial charge in [-0.3, -0.25) is 10.1 Å². The third kappa shape index (κ3) is 3.21. The van der Waals surface area contributed by atoms with Crippen molar-refractivity contribution < 1.29 is 4.79 Å². The molecule has 0 spiro atoms. The Kier molecular flexibility index (Phi) is 3.76. The van der Waals surface area contributed by atoms with Crippen molar-refractivity contribution >= 4 is 37.9 Å². The van der Waals surface area contributed by atoms with Crippen LogP contribution in [0.25, 0.3) is 0 Å². The number of hydrogen-bond acceptors (Lipinski definition) is 3. The average molecular weight is 268 g/mol. The van der Waals surface area contributed by atoms with E-state index in [0.717, 1.165) is 16.7 Å². The predicted octanol–water partition coefficient (Wildman–Crippen LogP) is 1.57. The maximum Gasteiger partial charge on any atom is 0.242 e. The minimum atomic E-state index is -0.111. The zero-order valence-corrected chi connectivity index (χ0v) is 12.0. The van der Waals surface area contributed by atoms with Crippen LogP contribution in [0.2, 0.25) is 0 Å². The second-order valence-corrected chi connectivity index (χ2v) is 6.86. The maximum atomic E-state index is 12.1. The highest BCUT2D eigenvalue weighted by atomic mass is 32.2. The van der Waals surface area contributed by atoms with Crippen LogP contribution >= 0.6 is 21.0 Å². The summed E-state index contributed by atoms with van der Waals surface area (Å²) >= 11 is 1.77. The number of rotatable bonds is 2. The summed E-state index contributed by atoms with van der Waals surface area (Å²) in [4.78, 5) is 12.0. The summed E-state index contributed by atoms with van der Waals surface area (Å²) in [5.74, 6) is 0.857. The summed E-state index contributed by atoms with van der Waals surface area (Å²) < 4.78 is 0. The van der Waals surface area contributed by atoms with Crippen LogP contribution in [-0.4, -0.2) is 22.6 Å². The van der Waals surface area contributed by atoms with E-state index in [2.05, 4.69) is 33.7 Å². The van der Waals surface area contributed by atoms with Gasteiger partial charge in [0.15, 0.2) is 0 Å². The first-order valence-electron chi connectivity index (χ1n) is 5.55. The van der Waals surface area contributed by atoms with Gasteiger partial charge in [0.05, 0.1) is 10.9 Å². The average Bonchev–Trinajstić information content (AvgIpc) is 2.62. The topological polar surface area (TPSA) is 41.1 Å². The molecule has 1 aliphatic rings. The molecule has 1 heterocycles. The van der Waals surface area contributed by atoms with Gasteiger partial charge in [0.2, 0.25) is 5.91 Å². The minimum absolute atomic E-state index is 0.0114. The van der Waals surface area contributed by atoms with Gasteiger partial charge < -0.3 is 5.32 Å². The summed E-state index contributed by atoms with van der Waals surface area (Å²) in [7, 11) is 2.63. The lowest BCUT2D eigenvalue weighted by atomic mass is 10.2. The van der Waals surface area contributed by atoms with E-state index in [9.17, 15) is 4.79 Å². The second kappa shape index (κ2) is 4.97. The van der Waals surface area contributed by atoms with Crippen LogP contribution in [0, 0.1) is 0 Å². The molecule has 1 aliphatic heterocycles. The molecule has 3 nitrogen and oxygen atoms in total. The number of para-hydroxylation sites is 1. The lowest BCUT2D eigenvalue weighted by Crippen LogP contribution is -2.44. The number of thioether (sulfide) groups is 1. The predicted molar refractivity (Wildman–Crippen MR) is 77.9 cm³/mol. The van der Waals surface area contributed by atoms with Gasteiger partial charge in [-0.05, 0) is 25.2 Å². The van der Waals surface area contributed by atoms with Crippen molar-refractivity contribution in [3.63, 3.8) is 0 Å². The molecule has 1 saturated heterocycles. The quantitative estimate of drug-likeness (QED) is 0.800. The van der Waals surface area contributed by atoms with E-state index >= 15 is 0 Å². The van der Waals surface area contributed by atoms with Gasteiger partial charge >= 0.3 is 0 Å². The molecule has 2 unspecified atom stereocenters. The number of amides is 1. The van der Waals surface area contributed by atoms with Gasteiger partial charge in [0, 0.05) is 11.4 Å². The van der Waals surface area contributed by atoms with Gasteiger partial charge in [0.25, 0.3) is 0 Å². The summed E-state index contributed by atoms with van der Waals surface area (Å²) in [6.07, 6.45) is 0. The number of carbonyl (C=O) groups is 1. The van der Waals surface area contributed by atoms with E-state index in [1.165, 1.54) is 0 Å². The number of benzene rings is 1. The molecule has 92 valence electrons. The molecule has 17 heavy (non-hydrogen) atoms. The monoisotopic (exact) mass is 268 g/mol. The smallest absolute Gasteiger partial charge is 0.242 e. The molecule has 2 rings (SSSR count). The molecule has 0 aromatic heterocycles. The van der Waals surface area contributed by atoms with Crippen molar-refractivity contribution in [3.8, 4) is 0 Å². The van der Waals surface area contributed by atoms with Crippen LogP contribution in [-0.2, 0) is 4.79 Å². The molecule has 0 saturated carbocycles. The van der Waals surface area contributed by atoms with E-state index in [1.807, 2.05) is 24.3 Å². The zero-order chi connectivity index (χ0) is 12.5. The fourth-order valence-corrected chi connectivity index (χ4v) is 3.09. The third-order valence-electron chi connectivity index (χ3n) is 2.67. The van der Waals surface area contributed by atoms with Crippen LogP contribution in [0.4, 0.5) is 5.69 Å². The Morgan fingerprint density at radius 1 is 1.53 bits per heavy atom. The molecule has 0 bridgehead atoms. The Balaban J connectivity index is 2.01. The summed E-state index contributed by atoms with van der Waals surface area (Å²) in [5, 5.41) is 7.27. The SMILES string of the molecule is CC1(C)NC(C(=O)Nc2ccccc2P)CS1. The minimum Gasteiger partial charge on any atom is -0.324 e. The van der Waals surface area contributed by atoms with Gasteiger partial charge in [-0.15, -0.1) is 21.0 Å². The lowest BCUT2D eigenvalue weighted by molar-refractivity contribution is -0.117. The molecule has 1 aromatic rings. The van der Waals surface area contributed by atoms with Crippen molar-refractivity contribution in [2.24, 2.45) is 0 Å². The van der Waals surface area contributed by atoms with Crippen molar-refractivity contribution in [3.05, 3.63) is 24.3 Å². The van der Waals surface area contributed by atoms with Crippen molar-refractivity contribution in [1.29, 1.82) is 0 Å². The van der Waals surface area contributed by atoms with E-state index in [4.69, 9.17) is 0 Å². The summed E-state index contributed by atoms with van der Waals surface area (Å²) in [6, 6.07) is 7.63. The zero-order valence-electron chi connectivity index (χ0n) is 9.99. The van der Waals surface area contributed by atoms with Gasteiger partial charge in [0.1, 0.15) is 0 Å². The van der Waals surface area contributed by atoms with Crippen molar-refractivity contribution in [2.45, 2.75) is 24.8 Å². The van der Waals surface area contributed by atoms with Crippen LogP contribution in [0.15, 0.2) is 24.3 Å². The van der Waals surface area contributed by atoms with Gasteiger partial charge in [-0.1, -0.05) is 18.2 Å². The maximum absolute atomic E-state index is 12.1. The number of nitrogens with one attached hydrogen (secondary N) is 2. The summed E-state index contributed by atoms with van der Waals surface area (Å²) in [6.45, 7) is 4.18. The molecule has 0 aliphatic carbocycles. The highest BCUT2D eigenvalue weighted by Crippen LogP contribution is 2.29. The van der Waals surface area contributed by atoms with Crippen LogP contribution in [0.1, 0.15) is 13.8 Å². The lowest BCUT2D eigenvalue weighted by Gasteiger charge is -2.18. The number of anilines is 1. The Hall–Kier alpha value is -0.570. The van der Waals surface area contributed by atoms with E-state index in [-0.39, 0.29) is 16.8 Å². The van der Waals surface area contributed by atoms with Crippen molar-refractivity contribution in [1.82, 2.24) is 5.32 Å². The molecule has 2 atom stereocenters. The number of hydrogen-bond donors (Lipinski definition) is 2. The Morgan fingerprint density at radius 2 is 2.24 bits per heavy atom. The standard InChI is InChI=1S/C12H17N2OPS/c1-12(2)14-9(7-17-12)11(15)13-8-5-3-4-6-10(8)16/h3-6,9,14H,7,16H2,1-2H3,(H,13,15). The molecule has 0 radical (unpaired) electrons. The molecule has 1 aromatic carbocycles. The Bertz CT molecular complexity index is 436. The molecule has 1 amide bonds. The third-order valence-corrected chi connectivity index (χ3v) is 4.51. The molecule has 2 N–H and O–H groups in total. The molecule has 5 heteroatoms. The van der Waals surface area contributed by atoms with Gasteiger partial charge in [-0.25, -0.2) is 0 Å². The first kappa shape index (κ1) is 12.9. The van der Waals surface area contributed by atoms with Crippen LogP contribution < -0.4 is 15.9 Å². The first-order chi connectivity index (χ1) is 7.98. The fourth-order valence-electron chi connectivity index (χ4n) is 1.77. The Labute approximate surface area is 108 Å². The largest absolute Gasteiger partial charge is 0.324 e. The van der Waals surface area contributed by atoms with E-state index in [1.54, 1.807) is 11.8 Å². The highest BCUT2D eigenvalue weighted by molar-refractivity contribution is 8.00. The number of carbonyl (C=O) groups excluding carboxylic acids is 1. The van der Waals surface area contributed by atoms with E-state index < -0.39 is 0 Å². The fraction of sp³-hybridized carbons (Fsp3) is 0.417. The van der Waals surface area contributed by atoms with Gasteiger partial charge in [-0.2, -0.15) is 0 Å². The van der Waals surface area contributed by atoms with E-state index in [0.29, 0.717) is 0 Å². The molecule has 1 fully saturated rings.